The highest BCUT2D eigenvalue weighted by molar-refractivity contribution is 5.40. The molecule has 0 saturated carbocycles. The molecule has 0 radical (unpaired) electrons. The molecule has 2 heterocycles. The van der Waals surface area contributed by atoms with Gasteiger partial charge in [-0.25, -0.2) is 0 Å². The zero-order chi connectivity index (χ0) is 11.4. The Balaban J connectivity index is 1.75. The summed E-state index contributed by atoms with van der Waals surface area (Å²) in [4.78, 5) is 0. The molecule has 1 saturated heterocycles. The van der Waals surface area contributed by atoms with E-state index in [1.165, 1.54) is 6.42 Å². The van der Waals surface area contributed by atoms with E-state index in [0.717, 1.165) is 37.3 Å². The topological polar surface area (TPSA) is 62.3 Å². The van der Waals surface area contributed by atoms with Crippen LogP contribution in [0.15, 0.2) is 6.20 Å². The molecule has 5 nitrogen and oxygen atoms in total. The average molecular weight is 225 g/mol. The third-order valence-electron chi connectivity index (χ3n) is 2.87. The molecule has 1 atom stereocenters. The molecular formula is C11H19N3O2. The van der Waals surface area contributed by atoms with Crippen LogP contribution in [0.1, 0.15) is 25.0 Å². The molecule has 5 heteroatoms. The summed E-state index contributed by atoms with van der Waals surface area (Å²) in [5.41, 5.74) is 7.55. The van der Waals surface area contributed by atoms with Gasteiger partial charge in [-0.2, -0.15) is 5.10 Å². The summed E-state index contributed by atoms with van der Waals surface area (Å²) in [6.45, 7) is 1.45. The van der Waals surface area contributed by atoms with E-state index in [0.29, 0.717) is 6.61 Å². The molecule has 1 unspecified atom stereocenters. The van der Waals surface area contributed by atoms with Crippen molar-refractivity contribution in [1.82, 2.24) is 9.78 Å². The Hall–Kier alpha value is -1.07. The van der Waals surface area contributed by atoms with Crippen molar-refractivity contribution in [3.8, 4) is 0 Å². The van der Waals surface area contributed by atoms with Crippen molar-refractivity contribution >= 4 is 5.69 Å². The Labute approximate surface area is 95.5 Å². The second kappa shape index (κ2) is 5.32. The summed E-state index contributed by atoms with van der Waals surface area (Å²) in [5, 5.41) is 4.09. The van der Waals surface area contributed by atoms with Crippen molar-refractivity contribution in [1.29, 1.82) is 0 Å². The fraction of sp³-hybridized carbons (Fsp3) is 0.727. The van der Waals surface area contributed by atoms with Crippen LogP contribution in [0.5, 0.6) is 0 Å². The van der Waals surface area contributed by atoms with Crippen LogP contribution >= 0.6 is 0 Å². The first kappa shape index (κ1) is 11.4. The molecule has 0 aromatic carbocycles. The summed E-state index contributed by atoms with van der Waals surface area (Å²) in [6.07, 6.45) is 5.77. The van der Waals surface area contributed by atoms with Crippen LogP contribution < -0.4 is 5.73 Å². The number of nitrogens with two attached hydrogens (primary N) is 1. The molecular weight excluding hydrogens is 206 g/mol. The average Bonchev–Trinajstić information content (AvgIpc) is 2.62. The van der Waals surface area contributed by atoms with E-state index in [9.17, 15) is 0 Å². The first-order valence-electron chi connectivity index (χ1n) is 5.77. The van der Waals surface area contributed by atoms with E-state index in [4.69, 9.17) is 15.2 Å². The zero-order valence-corrected chi connectivity index (χ0v) is 9.69. The Morgan fingerprint density at radius 2 is 2.50 bits per heavy atom. The van der Waals surface area contributed by atoms with Crippen molar-refractivity contribution in [3.63, 3.8) is 0 Å². The van der Waals surface area contributed by atoms with E-state index in [1.54, 1.807) is 10.9 Å². The van der Waals surface area contributed by atoms with Gasteiger partial charge in [0, 0.05) is 20.1 Å². The fourth-order valence-electron chi connectivity index (χ4n) is 1.92. The molecule has 1 aromatic rings. The highest BCUT2D eigenvalue weighted by atomic mass is 16.7. The van der Waals surface area contributed by atoms with Gasteiger partial charge in [0.25, 0.3) is 0 Å². The maximum Gasteiger partial charge on any atom is 0.157 e. The van der Waals surface area contributed by atoms with Crippen LogP contribution in [0, 0.1) is 0 Å². The molecule has 0 aliphatic carbocycles. The van der Waals surface area contributed by atoms with Gasteiger partial charge in [-0.3, -0.25) is 4.68 Å². The molecule has 1 aromatic heterocycles. The van der Waals surface area contributed by atoms with Gasteiger partial charge in [0.2, 0.25) is 0 Å². The van der Waals surface area contributed by atoms with Crippen molar-refractivity contribution in [2.45, 2.75) is 32.0 Å². The maximum absolute atomic E-state index is 5.79. The Morgan fingerprint density at radius 3 is 3.12 bits per heavy atom. The number of aryl methyl sites for hydroxylation is 1. The Morgan fingerprint density at radius 1 is 1.62 bits per heavy atom. The maximum atomic E-state index is 5.79. The van der Waals surface area contributed by atoms with Crippen LogP contribution in [-0.2, 0) is 22.9 Å². The number of rotatable bonds is 4. The lowest BCUT2D eigenvalue weighted by molar-refractivity contribution is -0.161. The highest BCUT2D eigenvalue weighted by Crippen LogP contribution is 2.15. The molecule has 1 aliphatic heterocycles. The van der Waals surface area contributed by atoms with Crippen LogP contribution in [0.3, 0.4) is 0 Å². The summed E-state index contributed by atoms with van der Waals surface area (Å²) in [6, 6.07) is 0. The molecule has 2 N–H and O–H groups in total. The van der Waals surface area contributed by atoms with Crippen molar-refractivity contribution < 1.29 is 9.47 Å². The smallest absolute Gasteiger partial charge is 0.157 e. The molecule has 0 bridgehead atoms. The zero-order valence-electron chi connectivity index (χ0n) is 9.69. The predicted octanol–water partition coefficient (Wildman–Crippen LogP) is 1.09. The van der Waals surface area contributed by atoms with Gasteiger partial charge in [0.15, 0.2) is 6.29 Å². The minimum atomic E-state index is -0.0248. The summed E-state index contributed by atoms with van der Waals surface area (Å²) < 4.78 is 12.9. The monoisotopic (exact) mass is 225 g/mol. The summed E-state index contributed by atoms with van der Waals surface area (Å²) >= 11 is 0. The SMILES string of the molecule is Cn1ncc(N)c1CCOC1CCCCO1. The van der Waals surface area contributed by atoms with Crippen LogP contribution in [0.25, 0.3) is 0 Å². The number of nitrogens with zero attached hydrogens (tertiary/aromatic N) is 2. The second-order valence-corrected chi connectivity index (χ2v) is 4.09. The van der Waals surface area contributed by atoms with Crippen LogP contribution in [-0.4, -0.2) is 29.3 Å². The quantitative estimate of drug-likeness (QED) is 0.833. The van der Waals surface area contributed by atoms with Gasteiger partial charge in [-0.1, -0.05) is 0 Å². The molecule has 0 amide bonds. The van der Waals surface area contributed by atoms with Gasteiger partial charge in [-0.15, -0.1) is 0 Å². The number of nitrogen functional groups attached to an aromatic ring is 1. The van der Waals surface area contributed by atoms with E-state index >= 15 is 0 Å². The minimum absolute atomic E-state index is 0.0248. The van der Waals surface area contributed by atoms with Crippen LogP contribution in [0.2, 0.25) is 0 Å². The third-order valence-corrected chi connectivity index (χ3v) is 2.87. The van der Waals surface area contributed by atoms with Gasteiger partial charge < -0.3 is 15.2 Å². The normalized spacial score (nSPS) is 21.2. The first-order chi connectivity index (χ1) is 7.77. The second-order valence-electron chi connectivity index (χ2n) is 4.09. The number of ether oxygens (including phenoxy) is 2. The first-order valence-corrected chi connectivity index (χ1v) is 5.77. The number of hydrogen-bond acceptors (Lipinski definition) is 4. The minimum Gasteiger partial charge on any atom is -0.396 e. The third kappa shape index (κ3) is 2.74. The van der Waals surface area contributed by atoms with Gasteiger partial charge >= 0.3 is 0 Å². The Bertz CT molecular complexity index is 312. The van der Waals surface area contributed by atoms with E-state index in [1.807, 2.05) is 7.05 Å². The van der Waals surface area contributed by atoms with Crippen molar-refractivity contribution in [3.05, 3.63) is 11.9 Å². The fourth-order valence-corrected chi connectivity index (χ4v) is 1.92. The van der Waals surface area contributed by atoms with Gasteiger partial charge in [-0.05, 0) is 19.3 Å². The predicted molar refractivity (Wildman–Crippen MR) is 60.9 cm³/mol. The number of aromatic nitrogens is 2. The molecule has 16 heavy (non-hydrogen) atoms. The molecule has 1 fully saturated rings. The van der Waals surface area contributed by atoms with E-state index < -0.39 is 0 Å². The standard InChI is InChI=1S/C11H19N3O2/c1-14-10(9(12)8-13-14)5-7-16-11-4-2-3-6-15-11/h8,11H,2-7,12H2,1H3. The molecule has 2 rings (SSSR count). The van der Waals surface area contributed by atoms with E-state index in [-0.39, 0.29) is 6.29 Å². The largest absolute Gasteiger partial charge is 0.396 e. The molecule has 0 spiro atoms. The summed E-state index contributed by atoms with van der Waals surface area (Å²) in [5.74, 6) is 0. The van der Waals surface area contributed by atoms with Crippen molar-refractivity contribution in [2.75, 3.05) is 18.9 Å². The summed E-state index contributed by atoms with van der Waals surface area (Å²) in [7, 11) is 1.89. The lowest BCUT2D eigenvalue weighted by Gasteiger charge is -2.22. The molecule has 90 valence electrons. The van der Waals surface area contributed by atoms with Gasteiger partial charge in [0.1, 0.15) is 0 Å². The lowest BCUT2D eigenvalue weighted by atomic mass is 10.2. The van der Waals surface area contributed by atoms with Gasteiger partial charge in [0.05, 0.1) is 24.2 Å². The number of anilines is 1. The van der Waals surface area contributed by atoms with Crippen molar-refractivity contribution in [2.24, 2.45) is 7.05 Å². The van der Waals surface area contributed by atoms with Crippen LogP contribution in [0.4, 0.5) is 5.69 Å². The highest BCUT2D eigenvalue weighted by Gasteiger charge is 2.14. The lowest BCUT2D eigenvalue weighted by Crippen LogP contribution is -2.23. The molecule has 1 aliphatic rings. The Kier molecular flexibility index (Phi) is 3.79. The van der Waals surface area contributed by atoms with E-state index in [2.05, 4.69) is 5.10 Å². The number of hydrogen-bond donors (Lipinski definition) is 1.